The Balaban J connectivity index is 1.17. The number of carbonyl (C=O) groups is 1. The maximum Gasteiger partial charge on any atom is 0.411 e. The number of nitrogens with one attached hydrogen (secondary N) is 1. The molecule has 0 aromatic heterocycles. The van der Waals surface area contributed by atoms with Gasteiger partial charge in [0.1, 0.15) is 18.1 Å². The highest BCUT2D eigenvalue weighted by Crippen LogP contribution is 2.44. The van der Waals surface area contributed by atoms with Gasteiger partial charge in [-0.1, -0.05) is 84.9 Å². The minimum atomic E-state index is -0.478. The number of amides is 1. The molecule has 0 saturated heterocycles. The summed E-state index contributed by atoms with van der Waals surface area (Å²) in [5.41, 5.74) is 8.55. The molecule has 0 unspecified atom stereocenters. The van der Waals surface area contributed by atoms with Gasteiger partial charge in [-0.3, -0.25) is 5.32 Å². The Labute approximate surface area is 240 Å². The molecule has 41 heavy (non-hydrogen) atoms. The summed E-state index contributed by atoms with van der Waals surface area (Å²) in [5, 5.41) is 2.89. The fourth-order valence-electron chi connectivity index (χ4n) is 5.49. The summed E-state index contributed by atoms with van der Waals surface area (Å²) in [6, 6.07) is 40.4. The highest BCUT2D eigenvalue weighted by atomic mass is 16.5. The second-order valence-electron chi connectivity index (χ2n) is 9.86. The Hall–Kier alpha value is -5.03. The third kappa shape index (κ3) is 5.39. The van der Waals surface area contributed by atoms with Crippen LogP contribution in [0.25, 0.3) is 11.1 Å². The minimum absolute atomic E-state index is 0.0154. The Morgan fingerprint density at radius 1 is 0.610 bits per heavy atom. The van der Waals surface area contributed by atoms with Crippen molar-refractivity contribution in [2.75, 3.05) is 26.1 Å². The molecule has 1 aliphatic rings. The molecule has 1 aliphatic carbocycles. The molecular weight excluding hydrogens is 510 g/mol. The fourth-order valence-corrected chi connectivity index (χ4v) is 5.49. The molecule has 0 spiro atoms. The molecule has 5 aromatic carbocycles. The maximum atomic E-state index is 12.8. The lowest BCUT2D eigenvalue weighted by atomic mass is 9.85. The van der Waals surface area contributed by atoms with Gasteiger partial charge in [-0.25, -0.2) is 4.79 Å². The SMILES string of the molecule is COc1ccc([C](c2ccc(NC(=O)OCC3c4ccccc4-c4ccccc43)cc2)c2ccc(OC)cc2)cc1. The molecule has 0 saturated carbocycles. The molecule has 5 nitrogen and oxygen atoms in total. The zero-order chi connectivity index (χ0) is 28.2. The highest BCUT2D eigenvalue weighted by molar-refractivity contribution is 5.85. The largest absolute Gasteiger partial charge is 0.497 e. The zero-order valence-electron chi connectivity index (χ0n) is 23.0. The number of carbonyl (C=O) groups excluding carboxylic acids is 1. The quantitative estimate of drug-likeness (QED) is 0.202. The first-order chi connectivity index (χ1) is 20.1. The summed E-state index contributed by atoms with van der Waals surface area (Å²) in [5.74, 6) is 2.67. The van der Waals surface area contributed by atoms with Crippen LogP contribution in [-0.2, 0) is 4.74 Å². The van der Waals surface area contributed by atoms with E-state index in [0.29, 0.717) is 5.69 Å². The lowest BCUT2D eigenvalue weighted by Gasteiger charge is -2.19. The van der Waals surface area contributed by atoms with Gasteiger partial charge in [0.2, 0.25) is 0 Å². The number of anilines is 1. The number of ether oxygens (including phenoxy) is 3. The van der Waals surface area contributed by atoms with Gasteiger partial charge in [0.15, 0.2) is 0 Å². The van der Waals surface area contributed by atoms with Crippen LogP contribution in [0.1, 0.15) is 33.7 Å². The first kappa shape index (κ1) is 26.2. The summed E-state index contributed by atoms with van der Waals surface area (Å²) >= 11 is 0. The Kier molecular flexibility index (Phi) is 7.42. The summed E-state index contributed by atoms with van der Waals surface area (Å²) in [4.78, 5) is 12.8. The lowest BCUT2D eigenvalue weighted by molar-refractivity contribution is 0.158. The molecule has 1 radical (unpaired) electrons. The van der Waals surface area contributed by atoms with Crippen molar-refractivity contribution >= 4 is 11.8 Å². The molecule has 0 bridgehead atoms. The van der Waals surface area contributed by atoms with Crippen LogP contribution in [0.15, 0.2) is 121 Å². The van der Waals surface area contributed by atoms with Gasteiger partial charge in [-0.15, -0.1) is 0 Å². The van der Waals surface area contributed by atoms with Crippen molar-refractivity contribution in [1.82, 2.24) is 0 Å². The number of fused-ring (bicyclic) bond motifs is 3. The zero-order valence-corrected chi connectivity index (χ0v) is 23.0. The third-order valence-electron chi connectivity index (χ3n) is 7.52. The van der Waals surface area contributed by atoms with Crippen LogP contribution in [0.5, 0.6) is 11.5 Å². The van der Waals surface area contributed by atoms with E-state index in [0.717, 1.165) is 34.1 Å². The van der Waals surface area contributed by atoms with Gasteiger partial charge in [0, 0.05) is 11.6 Å². The number of hydrogen-bond acceptors (Lipinski definition) is 4. The fraction of sp³-hybridized carbons (Fsp3) is 0.111. The second-order valence-corrected chi connectivity index (χ2v) is 9.86. The second kappa shape index (κ2) is 11.6. The van der Waals surface area contributed by atoms with Crippen LogP contribution in [0.4, 0.5) is 10.5 Å². The average Bonchev–Trinajstić information content (AvgIpc) is 3.35. The van der Waals surface area contributed by atoms with Crippen LogP contribution in [0.2, 0.25) is 0 Å². The predicted octanol–water partition coefficient (Wildman–Crippen LogP) is 8.08. The highest BCUT2D eigenvalue weighted by Gasteiger charge is 2.29. The molecule has 1 N–H and O–H groups in total. The standard InChI is InChI=1S/C36H30NO4/c1-39-28-19-13-25(14-20-28)35(26-15-21-29(40-2)22-16-26)24-11-17-27(18-12-24)37-36(38)41-23-34-32-9-5-3-7-30(32)31-8-4-6-10-33(31)34/h3-22,34H,23H2,1-2H3,(H,37,38). The van der Waals surface area contributed by atoms with Gasteiger partial charge in [0.25, 0.3) is 0 Å². The van der Waals surface area contributed by atoms with Crippen LogP contribution in [0.3, 0.4) is 0 Å². The van der Waals surface area contributed by atoms with Crippen LogP contribution < -0.4 is 14.8 Å². The van der Waals surface area contributed by atoms with Crippen LogP contribution in [0, 0.1) is 5.92 Å². The van der Waals surface area contributed by atoms with E-state index < -0.39 is 6.09 Å². The van der Waals surface area contributed by atoms with Crippen molar-refractivity contribution in [3.05, 3.63) is 155 Å². The first-order valence-electron chi connectivity index (χ1n) is 13.5. The topological polar surface area (TPSA) is 56.8 Å². The molecule has 1 amide bonds. The Morgan fingerprint density at radius 3 is 1.51 bits per heavy atom. The van der Waals surface area contributed by atoms with Gasteiger partial charge in [-0.2, -0.15) is 0 Å². The maximum absolute atomic E-state index is 12.8. The molecule has 203 valence electrons. The Bertz CT molecular complexity index is 1550. The normalized spacial score (nSPS) is 12.0. The molecule has 0 atom stereocenters. The van der Waals surface area contributed by atoms with E-state index in [1.165, 1.54) is 22.3 Å². The van der Waals surface area contributed by atoms with E-state index in [1.54, 1.807) is 14.2 Å². The monoisotopic (exact) mass is 540 g/mol. The summed E-state index contributed by atoms with van der Waals surface area (Å²) in [6.07, 6.45) is -0.478. The van der Waals surface area contributed by atoms with E-state index in [9.17, 15) is 4.79 Å². The first-order valence-corrected chi connectivity index (χ1v) is 13.5. The lowest BCUT2D eigenvalue weighted by Crippen LogP contribution is -2.18. The van der Waals surface area contributed by atoms with Crippen molar-refractivity contribution in [2.45, 2.75) is 5.92 Å². The molecule has 0 fully saturated rings. The number of hydrogen-bond donors (Lipinski definition) is 1. The summed E-state index contributed by atoms with van der Waals surface area (Å²) in [6.45, 7) is 0.269. The van der Waals surface area contributed by atoms with Crippen LogP contribution >= 0.6 is 0 Å². The van der Waals surface area contributed by atoms with Crippen molar-refractivity contribution in [3.63, 3.8) is 0 Å². The molecule has 6 rings (SSSR count). The molecule has 0 heterocycles. The van der Waals surface area contributed by atoms with Crippen molar-refractivity contribution in [1.29, 1.82) is 0 Å². The van der Waals surface area contributed by atoms with E-state index in [1.807, 2.05) is 97.1 Å². The van der Waals surface area contributed by atoms with E-state index in [4.69, 9.17) is 14.2 Å². The van der Waals surface area contributed by atoms with Gasteiger partial charge in [-0.05, 0) is 75.3 Å². The Morgan fingerprint density at radius 2 is 1.05 bits per heavy atom. The number of methoxy groups -OCH3 is 2. The average molecular weight is 541 g/mol. The van der Waals surface area contributed by atoms with E-state index in [-0.39, 0.29) is 12.5 Å². The molecule has 0 aliphatic heterocycles. The third-order valence-corrected chi connectivity index (χ3v) is 7.52. The smallest absolute Gasteiger partial charge is 0.411 e. The van der Waals surface area contributed by atoms with Crippen LogP contribution in [-0.4, -0.2) is 26.9 Å². The van der Waals surface area contributed by atoms with Gasteiger partial charge >= 0.3 is 6.09 Å². The van der Waals surface area contributed by atoms with E-state index in [2.05, 4.69) is 29.6 Å². The molecular formula is C36H30NO4. The number of benzene rings is 5. The molecule has 5 heteroatoms. The minimum Gasteiger partial charge on any atom is -0.497 e. The van der Waals surface area contributed by atoms with Crippen molar-refractivity contribution in [3.8, 4) is 22.6 Å². The van der Waals surface area contributed by atoms with Gasteiger partial charge in [0.05, 0.1) is 20.1 Å². The summed E-state index contributed by atoms with van der Waals surface area (Å²) < 4.78 is 16.4. The predicted molar refractivity (Wildman–Crippen MR) is 162 cm³/mol. The molecule has 5 aromatic rings. The van der Waals surface area contributed by atoms with Crippen molar-refractivity contribution < 1.29 is 19.0 Å². The number of rotatable bonds is 8. The van der Waals surface area contributed by atoms with Gasteiger partial charge < -0.3 is 14.2 Å². The summed E-state index contributed by atoms with van der Waals surface area (Å²) in [7, 11) is 3.32. The van der Waals surface area contributed by atoms with E-state index >= 15 is 0 Å². The van der Waals surface area contributed by atoms with Crippen molar-refractivity contribution in [2.24, 2.45) is 0 Å².